The molecule has 134 valence electrons. The van der Waals surface area contributed by atoms with Crippen LogP contribution in [0.25, 0.3) is 0 Å². The van der Waals surface area contributed by atoms with E-state index in [0.29, 0.717) is 0 Å². The Morgan fingerprint density at radius 2 is 1.27 bits per heavy atom. The topological polar surface area (TPSA) is 51.2 Å². The molecule has 0 aromatic heterocycles. The zero-order valence-corrected chi connectivity index (χ0v) is 16.0. The van der Waals surface area contributed by atoms with Crippen molar-refractivity contribution in [3.05, 3.63) is 103 Å². The summed E-state index contributed by atoms with van der Waals surface area (Å²) >= 11 is 0. The van der Waals surface area contributed by atoms with Crippen LogP contribution in [0.3, 0.4) is 0 Å². The summed E-state index contributed by atoms with van der Waals surface area (Å²) in [7, 11) is -4.10. The molecule has 4 heteroatoms. The van der Waals surface area contributed by atoms with Crippen molar-refractivity contribution >= 4 is 23.5 Å². The first-order chi connectivity index (χ1) is 12.5. The maximum Gasteiger partial charge on any atom is 0.248 e. The first-order valence-corrected chi connectivity index (χ1v) is 9.84. The molecule has 0 spiro atoms. The lowest BCUT2D eigenvalue weighted by Gasteiger charge is -2.17. The van der Waals surface area contributed by atoms with Crippen LogP contribution in [0.2, 0.25) is 0 Å². The van der Waals surface area contributed by atoms with E-state index in [4.69, 9.17) is 0 Å². The molecule has 1 aromatic carbocycles. The monoisotopic (exact) mass is 366 g/mol. The first kappa shape index (κ1) is 21.3. The minimum atomic E-state index is -4.10. The summed E-state index contributed by atoms with van der Waals surface area (Å²) in [5.74, 6) is 0. The van der Waals surface area contributed by atoms with Crippen LogP contribution in [-0.2, 0) is 14.2 Å². The normalized spacial score (nSPS) is 15.0. The Morgan fingerprint density at radius 3 is 1.62 bits per heavy atom. The lowest BCUT2D eigenvalue weighted by atomic mass is 10.2. The molecule has 0 radical (unpaired) electrons. The van der Waals surface area contributed by atoms with Gasteiger partial charge in [-0.25, -0.2) is 0 Å². The molecule has 0 bridgehead atoms. The molecule has 26 heavy (non-hydrogen) atoms. The Bertz CT molecular complexity index is 803. The summed E-state index contributed by atoms with van der Waals surface area (Å²) in [4.78, 5) is 26.2. The Hall–Kier alpha value is -2.77. The van der Waals surface area contributed by atoms with Crippen molar-refractivity contribution in [1.82, 2.24) is 0 Å². The number of benzene rings is 1. The maximum absolute atomic E-state index is 13.8. The van der Waals surface area contributed by atoms with E-state index >= 15 is 0 Å². The number of hydrogen-bond acceptors (Lipinski definition) is 3. The molecule has 1 rings (SSSR count). The smallest absolute Gasteiger partial charge is 0.248 e. The second-order valence-electron chi connectivity index (χ2n) is 5.26. The average molecular weight is 366 g/mol. The van der Waals surface area contributed by atoms with Gasteiger partial charge in [-0.15, -0.1) is 0 Å². The highest BCUT2D eigenvalue weighted by atomic mass is 31.2. The van der Waals surface area contributed by atoms with Gasteiger partial charge in [-0.3, -0.25) is 9.59 Å². The number of carbonyl (C=O) groups is 2. The Morgan fingerprint density at radius 1 is 0.846 bits per heavy atom. The predicted molar refractivity (Wildman–Crippen MR) is 110 cm³/mol. The SMILES string of the molecule is C=C/C(=C\C=C/C)C(=O)P(=O)(C(=O)/C(C=C)=C/C=C\C)c1ccccc1. The summed E-state index contributed by atoms with van der Waals surface area (Å²) in [6, 6.07) is 8.09. The van der Waals surface area contributed by atoms with Crippen LogP contribution in [0.1, 0.15) is 13.8 Å². The molecule has 0 fully saturated rings. The highest BCUT2D eigenvalue weighted by Crippen LogP contribution is 2.50. The second-order valence-corrected chi connectivity index (χ2v) is 7.81. The molecule has 1 aromatic rings. The van der Waals surface area contributed by atoms with Gasteiger partial charge in [0.05, 0.1) is 0 Å². The zero-order chi connectivity index (χ0) is 19.6. The van der Waals surface area contributed by atoms with E-state index in [2.05, 4.69) is 13.2 Å². The van der Waals surface area contributed by atoms with Crippen molar-refractivity contribution in [1.29, 1.82) is 0 Å². The van der Waals surface area contributed by atoms with Crippen LogP contribution in [0.4, 0.5) is 0 Å². The van der Waals surface area contributed by atoms with E-state index < -0.39 is 18.2 Å². The molecule has 0 aliphatic carbocycles. The van der Waals surface area contributed by atoms with Crippen LogP contribution in [0.15, 0.2) is 103 Å². The van der Waals surface area contributed by atoms with Crippen molar-refractivity contribution in [2.75, 3.05) is 0 Å². The predicted octanol–water partition coefficient (Wildman–Crippen LogP) is 5.11. The van der Waals surface area contributed by atoms with Crippen molar-refractivity contribution in [3.63, 3.8) is 0 Å². The van der Waals surface area contributed by atoms with Gasteiger partial charge in [0.25, 0.3) is 0 Å². The number of hydrogen-bond donors (Lipinski definition) is 0. The lowest BCUT2D eigenvalue weighted by Crippen LogP contribution is -2.21. The largest absolute Gasteiger partial charge is 0.302 e. The van der Waals surface area contributed by atoms with E-state index in [1.54, 1.807) is 56.4 Å². The quantitative estimate of drug-likeness (QED) is 0.347. The summed E-state index contributed by atoms with van der Waals surface area (Å²) in [5, 5.41) is 0.191. The highest BCUT2D eigenvalue weighted by molar-refractivity contribution is 8.01. The first-order valence-electron chi connectivity index (χ1n) is 8.13. The molecular formula is C22H23O3P. The Balaban J connectivity index is 3.68. The molecule has 0 saturated carbocycles. The standard InChI is InChI=1S/C22H23O3P/c1-5-9-14-18(7-3)21(23)26(25,20-16-12-11-13-17-20)22(24)19(8-4)15-10-6-2/h5-17H,3-4H2,1-2H3/b9-5-,10-6-,18-14+,19-15+. The molecule has 0 saturated heterocycles. The van der Waals surface area contributed by atoms with E-state index in [1.165, 1.54) is 36.4 Å². The molecule has 0 atom stereocenters. The number of allylic oxidation sites excluding steroid dienone is 10. The van der Waals surface area contributed by atoms with E-state index in [-0.39, 0.29) is 16.5 Å². The van der Waals surface area contributed by atoms with Gasteiger partial charge in [0, 0.05) is 16.5 Å². The van der Waals surface area contributed by atoms with Gasteiger partial charge < -0.3 is 4.57 Å². The summed E-state index contributed by atoms with van der Waals surface area (Å²) in [6.07, 6.45) is 12.4. The van der Waals surface area contributed by atoms with Gasteiger partial charge in [0.1, 0.15) is 0 Å². The molecule has 3 nitrogen and oxygen atoms in total. The highest BCUT2D eigenvalue weighted by Gasteiger charge is 2.43. The summed E-state index contributed by atoms with van der Waals surface area (Å²) < 4.78 is 13.8. The van der Waals surface area contributed by atoms with Crippen molar-refractivity contribution in [3.8, 4) is 0 Å². The fourth-order valence-corrected chi connectivity index (χ4v) is 4.49. The average Bonchev–Trinajstić information content (AvgIpc) is 2.68. The third kappa shape index (κ3) is 4.65. The van der Waals surface area contributed by atoms with E-state index in [9.17, 15) is 14.2 Å². The van der Waals surface area contributed by atoms with Gasteiger partial charge in [-0.2, -0.15) is 0 Å². The molecule has 0 unspecified atom stereocenters. The third-order valence-corrected chi connectivity index (χ3v) is 6.25. The van der Waals surface area contributed by atoms with Gasteiger partial charge in [0.15, 0.2) is 0 Å². The minimum Gasteiger partial charge on any atom is -0.302 e. The fourth-order valence-electron chi connectivity index (χ4n) is 2.18. The molecule has 0 heterocycles. The van der Waals surface area contributed by atoms with Crippen molar-refractivity contribution in [2.45, 2.75) is 13.8 Å². The Kier molecular flexibility index (Phi) is 8.41. The van der Waals surface area contributed by atoms with E-state index in [1.807, 2.05) is 0 Å². The van der Waals surface area contributed by atoms with Crippen LogP contribution >= 0.6 is 7.14 Å². The van der Waals surface area contributed by atoms with Crippen molar-refractivity contribution < 1.29 is 14.2 Å². The Labute approximate surface area is 155 Å². The van der Waals surface area contributed by atoms with Crippen molar-refractivity contribution in [2.24, 2.45) is 0 Å². The second kappa shape index (κ2) is 10.3. The molecule has 0 amide bonds. The summed E-state index contributed by atoms with van der Waals surface area (Å²) in [6.45, 7) is 10.8. The van der Waals surface area contributed by atoms with Crippen LogP contribution < -0.4 is 5.30 Å². The van der Waals surface area contributed by atoms with Gasteiger partial charge in [-0.05, 0) is 13.8 Å². The fraction of sp³-hybridized carbons (Fsp3) is 0.0909. The third-order valence-electron chi connectivity index (χ3n) is 3.56. The molecule has 0 aliphatic rings. The molecule has 0 N–H and O–H groups in total. The maximum atomic E-state index is 13.8. The number of carbonyl (C=O) groups excluding carboxylic acids is 2. The zero-order valence-electron chi connectivity index (χ0n) is 15.1. The van der Waals surface area contributed by atoms with E-state index in [0.717, 1.165) is 0 Å². The number of rotatable bonds is 9. The van der Waals surface area contributed by atoms with Crippen LogP contribution in [0.5, 0.6) is 0 Å². The van der Waals surface area contributed by atoms with Gasteiger partial charge in [-0.1, -0.05) is 92.1 Å². The van der Waals surface area contributed by atoms with Gasteiger partial charge >= 0.3 is 0 Å². The molecular weight excluding hydrogens is 343 g/mol. The summed E-state index contributed by atoms with van der Waals surface area (Å²) in [5.41, 5.74) is -1.23. The lowest BCUT2D eigenvalue weighted by molar-refractivity contribution is -0.111. The van der Waals surface area contributed by atoms with Gasteiger partial charge in [0.2, 0.25) is 18.2 Å². The van der Waals surface area contributed by atoms with Crippen LogP contribution in [-0.4, -0.2) is 11.0 Å². The molecule has 0 aliphatic heterocycles. The minimum absolute atomic E-state index is 0.123. The van der Waals surface area contributed by atoms with Crippen LogP contribution in [0, 0.1) is 0 Å².